The van der Waals surface area contributed by atoms with Gasteiger partial charge in [0, 0.05) is 11.6 Å². The number of hydrogen-bond acceptors (Lipinski definition) is 4. The second-order valence-corrected chi connectivity index (χ2v) is 3.73. The third kappa shape index (κ3) is 2.37. The Hall–Kier alpha value is -2.63. The van der Waals surface area contributed by atoms with Crippen molar-refractivity contribution in [1.29, 1.82) is 0 Å². The van der Waals surface area contributed by atoms with E-state index >= 15 is 0 Å². The fourth-order valence-electron chi connectivity index (χ4n) is 1.51. The molecule has 6 nitrogen and oxygen atoms in total. The Labute approximate surface area is 102 Å². The molecule has 0 aliphatic carbocycles. The lowest BCUT2D eigenvalue weighted by Crippen LogP contribution is -2.24. The first-order chi connectivity index (χ1) is 8.58. The second-order valence-electron chi connectivity index (χ2n) is 3.73. The molecule has 0 unspecified atom stereocenters. The van der Waals surface area contributed by atoms with E-state index in [1.54, 1.807) is 18.2 Å². The quantitative estimate of drug-likeness (QED) is 0.801. The van der Waals surface area contributed by atoms with Crippen LogP contribution in [0.1, 0.15) is 16.1 Å². The first-order valence-electron chi connectivity index (χ1n) is 5.21. The van der Waals surface area contributed by atoms with Crippen molar-refractivity contribution in [2.45, 2.75) is 6.54 Å². The Kier molecular flexibility index (Phi) is 3.09. The van der Waals surface area contributed by atoms with E-state index in [4.69, 9.17) is 5.73 Å². The maximum atomic E-state index is 11.7. The molecule has 1 heterocycles. The Morgan fingerprint density at radius 3 is 2.72 bits per heavy atom. The van der Waals surface area contributed by atoms with Gasteiger partial charge in [0.05, 0.1) is 12.9 Å². The Morgan fingerprint density at radius 2 is 2.11 bits per heavy atom. The number of primary amides is 1. The minimum atomic E-state index is -0.748. The van der Waals surface area contributed by atoms with Gasteiger partial charge in [0.25, 0.3) is 11.5 Å². The van der Waals surface area contributed by atoms with Gasteiger partial charge in [-0.15, -0.1) is 0 Å². The fraction of sp³-hybridized carbons (Fsp3) is 0.0833. The van der Waals surface area contributed by atoms with Crippen LogP contribution in [-0.4, -0.2) is 20.6 Å². The summed E-state index contributed by atoms with van der Waals surface area (Å²) in [5, 5.41) is 9.60. The highest BCUT2D eigenvalue weighted by atomic mass is 16.3. The molecule has 1 aromatic heterocycles. The minimum absolute atomic E-state index is 0.0754. The summed E-state index contributed by atoms with van der Waals surface area (Å²) in [5.41, 5.74) is 5.13. The standard InChI is InChI=1S/C12H11N3O3/c13-12(18)9-5-11(17)15(7-14-9)6-8-3-1-2-4-10(8)16/h1-5,7,16H,6H2,(H2,13,18). The van der Waals surface area contributed by atoms with Gasteiger partial charge in [0.1, 0.15) is 11.4 Å². The SMILES string of the molecule is NC(=O)c1cc(=O)n(Cc2ccccc2O)cn1. The lowest BCUT2D eigenvalue weighted by atomic mass is 10.2. The monoisotopic (exact) mass is 245 g/mol. The molecule has 0 aliphatic heterocycles. The van der Waals surface area contributed by atoms with Crippen molar-refractivity contribution in [3.8, 4) is 5.75 Å². The van der Waals surface area contributed by atoms with Gasteiger partial charge in [0.2, 0.25) is 0 Å². The van der Waals surface area contributed by atoms with Crippen LogP contribution in [0, 0.1) is 0 Å². The molecule has 0 spiro atoms. The first kappa shape index (κ1) is 11.8. The van der Waals surface area contributed by atoms with E-state index in [2.05, 4.69) is 4.98 Å². The summed E-state index contributed by atoms with van der Waals surface area (Å²) in [6.07, 6.45) is 1.23. The van der Waals surface area contributed by atoms with Gasteiger partial charge in [0.15, 0.2) is 0 Å². The normalized spacial score (nSPS) is 10.2. The molecule has 18 heavy (non-hydrogen) atoms. The van der Waals surface area contributed by atoms with Gasteiger partial charge in [-0.3, -0.25) is 14.2 Å². The number of aromatic nitrogens is 2. The molecular weight excluding hydrogens is 234 g/mol. The van der Waals surface area contributed by atoms with Crippen LogP contribution >= 0.6 is 0 Å². The second kappa shape index (κ2) is 4.70. The summed E-state index contributed by atoms with van der Waals surface area (Å²) in [6, 6.07) is 7.75. The third-order valence-corrected chi connectivity index (χ3v) is 2.46. The predicted molar refractivity (Wildman–Crippen MR) is 64.2 cm³/mol. The smallest absolute Gasteiger partial charge is 0.267 e. The predicted octanol–water partition coefficient (Wildman–Crippen LogP) is 0.0961. The average Bonchev–Trinajstić information content (AvgIpc) is 2.34. The highest BCUT2D eigenvalue weighted by Gasteiger charge is 2.06. The van der Waals surface area contributed by atoms with Crippen LogP contribution in [0.2, 0.25) is 0 Å². The molecule has 0 atom stereocenters. The van der Waals surface area contributed by atoms with Crippen molar-refractivity contribution in [3.05, 3.63) is 58.3 Å². The van der Waals surface area contributed by atoms with Crippen molar-refractivity contribution >= 4 is 5.91 Å². The third-order valence-electron chi connectivity index (χ3n) is 2.46. The molecule has 0 saturated carbocycles. The number of para-hydroxylation sites is 1. The molecule has 0 radical (unpaired) electrons. The molecule has 2 rings (SSSR count). The number of rotatable bonds is 3. The molecule has 1 aromatic carbocycles. The summed E-state index contributed by atoms with van der Waals surface area (Å²) in [6.45, 7) is 0.178. The Bertz CT molecular complexity index is 649. The number of nitrogens with zero attached hydrogens (tertiary/aromatic N) is 2. The number of phenolic OH excluding ortho intramolecular Hbond substituents is 1. The van der Waals surface area contributed by atoms with Crippen molar-refractivity contribution in [2.75, 3.05) is 0 Å². The lowest BCUT2D eigenvalue weighted by Gasteiger charge is -2.07. The van der Waals surface area contributed by atoms with E-state index in [1.165, 1.54) is 17.0 Å². The molecular formula is C12H11N3O3. The molecule has 0 aliphatic rings. The van der Waals surface area contributed by atoms with Gasteiger partial charge >= 0.3 is 0 Å². The number of nitrogens with two attached hydrogens (primary N) is 1. The molecule has 2 aromatic rings. The van der Waals surface area contributed by atoms with Crippen LogP contribution in [0.4, 0.5) is 0 Å². The summed E-state index contributed by atoms with van der Waals surface area (Å²) < 4.78 is 1.28. The van der Waals surface area contributed by atoms with Crippen LogP contribution in [0.25, 0.3) is 0 Å². The number of hydrogen-bond donors (Lipinski definition) is 2. The zero-order chi connectivity index (χ0) is 13.1. The lowest BCUT2D eigenvalue weighted by molar-refractivity contribution is 0.0995. The zero-order valence-corrected chi connectivity index (χ0v) is 9.41. The van der Waals surface area contributed by atoms with E-state index in [0.717, 1.165) is 6.07 Å². The van der Waals surface area contributed by atoms with Crippen LogP contribution in [0.15, 0.2) is 41.5 Å². The zero-order valence-electron chi connectivity index (χ0n) is 9.41. The number of amides is 1. The largest absolute Gasteiger partial charge is 0.508 e. The molecule has 6 heteroatoms. The molecule has 1 amide bonds. The summed E-state index contributed by atoms with van der Waals surface area (Å²) in [7, 11) is 0. The van der Waals surface area contributed by atoms with Gasteiger partial charge in [-0.25, -0.2) is 4.98 Å². The molecule has 0 bridgehead atoms. The van der Waals surface area contributed by atoms with E-state index in [1.807, 2.05) is 0 Å². The van der Waals surface area contributed by atoms with Crippen molar-refractivity contribution in [1.82, 2.24) is 9.55 Å². The van der Waals surface area contributed by atoms with Crippen LogP contribution in [0.5, 0.6) is 5.75 Å². The number of carbonyl (C=O) groups is 1. The van der Waals surface area contributed by atoms with Crippen LogP contribution < -0.4 is 11.3 Å². The van der Waals surface area contributed by atoms with Crippen molar-refractivity contribution in [3.63, 3.8) is 0 Å². The molecule has 0 fully saturated rings. The van der Waals surface area contributed by atoms with E-state index in [0.29, 0.717) is 5.56 Å². The summed E-state index contributed by atoms with van der Waals surface area (Å²) in [4.78, 5) is 26.3. The molecule has 3 N–H and O–H groups in total. The number of phenols is 1. The van der Waals surface area contributed by atoms with Crippen LogP contribution in [-0.2, 0) is 6.54 Å². The highest BCUT2D eigenvalue weighted by molar-refractivity contribution is 5.90. The van der Waals surface area contributed by atoms with E-state index in [9.17, 15) is 14.7 Å². The van der Waals surface area contributed by atoms with E-state index in [-0.39, 0.29) is 18.0 Å². The minimum Gasteiger partial charge on any atom is -0.508 e. The first-order valence-corrected chi connectivity index (χ1v) is 5.21. The van der Waals surface area contributed by atoms with Gasteiger partial charge in [-0.1, -0.05) is 18.2 Å². The van der Waals surface area contributed by atoms with Crippen LogP contribution in [0.3, 0.4) is 0 Å². The van der Waals surface area contributed by atoms with Crippen molar-refractivity contribution < 1.29 is 9.90 Å². The van der Waals surface area contributed by atoms with E-state index < -0.39 is 11.5 Å². The number of benzene rings is 1. The molecule has 92 valence electrons. The van der Waals surface area contributed by atoms with Gasteiger partial charge < -0.3 is 10.8 Å². The maximum absolute atomic E-state index is 11.7. The fourth-order valence-corrected chi connectivity index (χ4v) is 1.51. The number of aromatic hydroxyl groups is 1. The van der Waals surface area contributed by atoms with Gasteiger partial charge in [-0.2, -0.15) is 0 Å². The van der Waals surface area contributed by atoms with Crippen molar-refractivity contribution in [2.24, 2.45) is 5.73 Å². The molecule has 0 saturated heterocycles. The average molecular weight is 245 g/mol. The Morgan fingerprint density at radius 1 is 1.39 bits per heavy atom. The highest BCUT2D eigenvalue weighted by Crippen LogP contribution is 2.15. The summed E-state index contributed by atoms with van der Waals surface area (Å²) in [5.74, 6) is -0.648. The topological polar surface area (TPSA) is 98.2 Å². The summed E-state index contributed by atoms with van der Waals surface area (Å²) >= 11 is 0. The maximum Gasteiger partial charge on any atom is 0.267 e. The Balaban J connectivity index is 2.34. The number of carbonyl (C=O) groups excluding carboxylic acids is 1. The van der Waals surface area contributed by atoms with Gasteiger partial charge in [-0.05, 0) is 6.07 Å².